The molecule has 0 radical (unpaired) electrons. The molecule has 0 saturated heterocycles. The van der Waals surface area contributed by atoms with Crippen LogP contribution in [0.15, 0.2) is 18.3 Å². The Hall–Kier alpha value is -1.62. The van der Waals surface area contributed by atoms with Crippen molar-refractivity contribution in [2.24, 2.45) is 0 Å². The van der Waals surface area contributed by atoms with Crippen LogP contribution in [0.1, 0.15) is 31.2 Å². The summed E-state index contributed by atoms with van der Waals surface area (Å²) >= 11 is 0. The van der Waals surface area contributed by atoms with E-state index in [0.717, 1.165) is 18.8 Å². The number of hydrogen-bond acceptors (Lipinski definition) is 4. The van der Waals surface area contributed by atoms with E-state index in [9.17, 15) is 0 Å². The molecule has 1 N–H and O–H groups in total. The van der Waals surface area contributed by atoms with Gasteiger partial charge in [-0.05, 0) is 37.5 Å². The van der Waals surface area contributed by atoms with Gasteiger partial charge in [0.1, 0.15) is 0 Å². The summed E-state index contributed by atoms with van der Waals surface area (Å²) in [6.07, 6.45) is 7.45. The Morgan fingerprint density at radius 3 is 3.11 bits per heavy atom. The molecule has 0 atom stereocenters. The Balaban J connectivity index is 1.50. The highest BCUT2D eigenvalue weighted by molar-refractivity contribution is 5.45. The van der Waals surface area contributed by atoms with Crippen LogP contribution in [0, 0.1) is 6.92 Å². The highest BCUT2D eigenvalue weighted by Crippen LogP contribution is 2.20. The maximum Gasteiger partial charge on any atom is 0.243 e. The molecule has 0 bridgehead atoms. The topological polar surface area (TPSA) is 51.5 Å². The molecule has 5 heteroatoms. The van der Waals surface area contributed by atoms with Gasteiger partial charge in [-0.3, -0.25) is 0 Å². The molecule has 2 aromatic heterocycles. The van der Waals surface area contributed by atoms with Gasteiger partial charge in [0.25, 0.3) is 0 Å². The van der Waals surface area contributed by atoms with Gasteiger partial charge in [-0.1, -0.05) is 12.8 Å². The summed E-state index contributed by atoms with van der Waals surface area (Å²) in [5, 5.41) is 7.57. The zero-order chi connectivity index (χ0) is 13.1. The number of ether oxygens (including phenoxy) is 1. The standard InChI is InChI=1S/C14H20N4O/c1-11-6-8-18-13(10-11)16-14(17-18)15-7-9-19-12-4-2-3-5-12/h6,8,10,12H,2-5,7,9H2,1H3,(H,15,17). The second-order valence-corrected chi connectivity index (χ2v) is 5.15. The maximum atomic E-state index is 5.79. The van der Waals surface area contributed by atoms with Gasteiger partial charge in [0.15, 0.2) is 5.65 Å². The molecule has 3 rings (SSSR count). The average Bonchev–Trinajstić information content (AvgIpc) is 3.02. The molecule has 0 aromatic carbocycles. The number of rotatable bonds is 5. The molecule has 0 aliphatic heterocycles. The Morgan fingerprint density at radius 2 is 2.26 bits per heavy atom. The molecule has 0 spiro atoms. The van der Waals surface area contributed by atoms with Crippen LogP contribution < -0.4 is 5.32 Å². The van der Waals surface area contributed by atoms with Crippen molar-refractivity contribution < 1.29 is 4.74 Å². The molecule has 1 aliphatic rings. The van der Waals surface area contributed by atoms with Crippen LogP contribution in [0.3, 0.4) is 0 Å². The van der Waals surface area contributed by atoms with Crippen molar-refractivity contribution in [1.29, 1.82) is 0 Å². The van der Waals surface area contributed by atoms with E-state index in [1.54, 1.807) is 4.52 Å². The fraction of sp³-hybridized carbons (Fsp3) is 0.571. The van der Waals surface area contributed by atoms with Crippen LogP contribution in [0.25, 0.3) is 5.65 Å². The smallest absolute Gasteiger partial charge is 0.243 e. The van der Waals surface area contributed by atoms with Crippen molar-refractivity contribution in [3.05, 3.63) is 23.9 Å². The Labute approximate surface area is 113 Å². The monoisotopic (exact) mass is 260 g/mol. The van der Waals surface area contributed by atoms with Gasteiger partial charge in [0, 0.05) is 12.7 Å². The van der Waals surface area contributed by atoms with Gasteiger partial charge in [-0.15, -0.1) is 5.10 Å². The van der Waals surface area contributed by atoms with Crippen molar-refractivity contribution in [2.45, 2.75) is 38.7 Å². The summed E-state index contributed by atoms with van der Waals surface area (Å²) < 4.78 is 7.58. The van der Waals surface area contributed by atoms with Crippen molar-refractivity contribution in [2.75, 3.05) is 18.5 Å². The van der Waals surface area contributed by atoms with E-state index >= 15 is 0 Å². The molecule has 2 aromatic rings. The minimum absolute atomic E-state index is 0.471. The van der Waals surface area contributed by atoms with Gasteiger partial charge in [0.2, 0.25) is 5.95 Å². The predicted octanol–water partition coefficient (Wildman–Crippen LogP) is 2.41. The molecule has 1 fully saturated rings. The number of aryl methyl sites for hydroxylation is 1. The van der Waals surface area contributed by atoms with Gasteiger partial charge in [-0.25, -0.2) is 4.52 Å². The highest BCUT2D eigenvalue weighted by Gasteiger charge is 2.14. The molecule has 1 saturated carbocycles. The second-order valence-electron chi connectivity index (χ2n) is 5.15. The zero-order valence-corrected chi connectivity index (χ0v) is 11.3. The second kappa shape index (κ2) is 5.57. The molecule has 102 valence electrons. The van der Waals surface area contributed by atoms with Crippen LogP contribution in [-0.2, 0) is 4.74 Å². The van der Waals surface area contributed by atoms with Gasteiger partial charge < -0.3 is 10.1 Å². The Bertz CT molecular complexity index is 545. The molecular weight excluding hydrogens is 240 g/mol. The number of pyridine rings is 1. The summed E-state index contributed by atoms with van der Waals surface area (Å²) in [6, 6.07) is 4.04. The lowest BCUT2D eigenvalue weighted by Gasteiger charge is -2.10. The summed E-state index contributed by atoms with van der Waals surface area (Å²) in [4.78, 5) is 4.43. The quantitative estimate of drug-likeness (QED) is 0.839. The molecule has 0 unspecified atom stereocenters. The fourth-order valence-electron chi connectivity index (χ4n) is 2.50. The number of nitrogens with zero attached hydrogens (tertiary/aromatic N) is 3. The average molecular weight is 260 g/mol. The van der Waals surface area contributed by atoms with Crippen molar-refractivity contribution in [1.82, 2.24) is 14.6 Å². The van der Waals surface area contributed by atoms with Crippen molar-refractivity contribution in [3.63, 3.8) is 0 Å². The first-order chi connectivity index (χ1) is 9.31. The van der Waals surface area contributed by atoms with Crippen LogP contribution in [-0.4, -0.2) is 33.9 Å². The number of nitrogens with one attached hydrogen (secondary N) is 1. The SMILES string of the molecule is Cc1ccn2nc(NCCOC3CCCC3)nc2c1. The summed E-state index contributed by atoms with van der Waals surface area (Å²) in [6.45, 7) is 3.53. The Morgan fingerprint density at radius 1 is 1.42 bits per heavy atom. The lowest BCUT2D eigenvalue weighted by atomic mass is 10.3. The van der Waals surface area contributed by atoms with E-state index in [4.69, 9.17) is 4.74 Å². The lowest BCUT2D eigenvalue weighted by molar-refractivity contribution is 0.0658. The first kappa shape index (κ1) is 12.4. The van der Waals surface area contributed by atoms with Crippen molar-refractivity contribution in [3.8, 4) is 0 Å². The minimum Gasteiger partial charge on any atom is -0.376 e. The number of hydrogen-bond donors (Lipinski definition) is 1. The summed E-state index contributed by atoms with van der Waals surface area (Å²) in [7, 11) is 0. The molecule has 19 heavy (non-hydrogen) atoms. The van der Waals surface area contributed by atoms with E-state index in [2.05, 4.69) is 22.3 Å². The maximum absolute atomic E-state index is 5.79. The van der Waals surface area contributed by atoms with Gasteiger partial charge in [0.05, 0.1) is 12.7 Å². The van der Waals surface area contributed by atoms with E-state index < -0.39 is 0 Å². The van der Waals surface area contributed by atoms with Crippen LogP contribution >= 0.6 is 0 Å². The first-order valence-electron chi connectivity index (χ1n) is 7.00. The molecular formula is C14H20N4O. The van der Waals surface area contributed by atoms with Gasteiger partial charge >= 0.3 is 0 Å². The summed E-state index contributed by atoms with van der Waals surface area (Å²) in [5.74, 6) is 0.667. The molecule has 1 aliphatic carbocycles. The van der Waals surface area contributed by atoms with E-state index in [-0.39, 0.29) is 0 Å². The highest BCUT2D eigenvalue weighted by atomic mass is 16.5. The number of aromatic nitrogens is 3. The molecule has 5 nitrogen and oxygen atoms in total. The third-order valence-corrected chi connectivity index (χ3v) is 3.53. The van der Waals surface area contributed by atoms with E-state index in [1.807, 2.05) is 18.3 Å². The Kier molecular flexibility index (Phi) is 3.64. The normalized spacial score (nSPS) is 16.3. The summed E-state index contributed by atoms with van der Waals surface area (Å²) in [5.41, 5.74) is 2.07. The van der Waals surface area contributed by atoms with E-state index in [1.165, 1.54) is 31.2 Å². The van der Waals surface area contributed by atoms with Crippen molar-refractivity contribution >= 4 is 11.6 Å². The fourth-order valence-corrected chi connectivity index (χ4v) is 2.50. The molecule has 0 amide bonds. The van der Waals surface area contributed by atoms with Crippen LogP contribution in [0.2, 0.25) is 0 Å². The predicted molar refractivity (Wildman–Crippen MR) is 74.4 cm³/mol. The molecule has 2 heterocycles. The minimum atomic E-state index is 0.471. The largest absolute Gasteiger partial charge is 0.376 e. The van der Waals surface area contributed by atoms with Crippen LogP contribution in [0.4, 0.5) is 5.95 Å². The van der Waals surface area contributed by atoms with Gasteiger partial charge in [-0.2, -0.15) is 4.98 Å². The van der Waals surface area contributed by atoms with E-state index in [0.29, 0.717) is 12.1 Å². The lowest BCUT2D eigenvalue weighted by Crippen LogP contribution is -2.15. The third-order valence-electron chi connectivity index (χ3n) is 3.53. The zero-order valence-electron chi connectivity index (χ0n) is 11.3. The van der Waals surface area contributed by atoms with Crippen LogP contribution in [0.5, 0.6) is 0 Å². The number of anilines is 1. The first-order valence-corrected chi connectivity index (χ1v) is 7.00. The number of fused-ring (bicyclic) bond motifs is 1. The third kappa shape index (κ3) is 3.04.